The number of nitrogens with zero attached hydrogens (tertiary/aromatic N) is 1. The molecule has 0 spiro atoms. The Labute approximate surface area is 161 Å². The highest BCUT2D eigenvalue weighted by atomic mass is 16.2. The van der Waals surface area contributed by atoms with E-state index in [0.29, 0.717) is 24.9 Å². The monoisotopic (exact) mass is 373 g/mol. The molecule has 1 aromatic rings. The Bertz CT molecular complexity index is 676. The van der Waals surface area contributed by atoms with Crippen LogP contribution in [0.1, 0.15) is 68.8 Å². The lowest BCUT2D eigenvalue weighted by molar-refractivity contribution is -0.134. The second-order valence-electron chi connectivity index (χ2n) is 7.71. The van der Waals surface area contributed by atoms with E-state index in [1.54, 1.807) is 24.1 Å². The predicted molar refractivity (Wildman–Crippen MR) is 105 cm³/mol. The molecule has 0 atom stereocenters. The Kier molecular flexibility index (Phi) is 6.99. The molecule has 0 aromatic heterocycles. The van der Waals surface area contributed by atoms with Crippen LogP contribution in [0.5, 0.6) is 0 Å². The van der Waals surface area contributed by atoms with Gasteiger partial charge in [0.15, 0.2) is 0 Å². The normalized spacial score (nSPS) is 15.9. The zero-order chi connectivity index (χ0) is 20.0. The standard InChI is InChI=1S/C21H31N3O3/c1-15(2)24(4)19(26)18-10-8-17(9-11-18)14-22-20(27)21(23-16(3)25)12-6-5-7-13-21/h8-11,15H,5-7,12-14H2,1-4H3,(H,22,27)(H,23,25). The van der Waals surface area contributed by atoms with Crippen LogP contribution in [0.15, 0.2) is 24.3 Å². The topological polar surface area (TPSA) is 78.5 Å². The first-order valence-electron chi connectivity index (χ1n) is 9.68. The smallest absolute Gasteiger partial charge is 0.253 e. The van der Waals surface area contributed by atoms with E-state index in [1.165, 1.54) is 6.92 Å². The van der Waals surface area contributed by atoms with Crippen LogP contribution in [0, 0.1) is 0 Å². The van der Waals surface area contributed by atoms with E-state index in [9.17, 15) is 14.4 Å². The molecule has 148 valence electrons. The molecule has 6 heteroatoms. The third-order valence-corrected chi connectivity index (χ3v) is 5.31. The summed E-state index contributed by atoms with van der Waals surface area (Å²) in [6.07, 6.45) is 4.32. The van der Waals surface area contributed by atoms with Gasteiger partial charge in [-0.2, -0.15) is 0 Å². The minimum atomic E-state index is -0.792. The molecule has 1 aliphatic carbocycles. The van der Waals surface area contributed by atoms with Gasteiger partial charge in [-0.3, -0.25) is 14.4 Å². The number of carbonyl (C=O) groups is 3. The molecule has 0 heterocycles. The molecule has 1 fully saturated rings. The van der Waals surface area contributed by atoms with E-state index in [4.69, 9.17) is 0 Å². The molecule has 0 aliphatic heterocycles. The van der Waals surface area contributed by atoms with Gasteiger partial charge in [0.2, 0.25) is 11.8 Å². The maximum atomic E-state index is 12.8. The fraction of sp³-hybridized carbons (Fsp3) is 0.571. The maximum absolute atomic E-state index is 12.8. The summed E-state index contributed by atoms with van der Waals surface area (Å²) in [6, 6.07) is 7.41. The first-order chi connectivity index (χ1) is 12.7. The van der Waals surface area contributed by atoms with Crippen molar-refractivity contribution in [3.05, 3.63) is 35.4 Å². The van der Waals surface area contributed by atoms with Gasteiger partial charge in [-0.25, -0.2) is 0 Å². The van der Waals surface area contributed by atoms with Crippen LogP contribution in [0.4, 0.5) is 0 Å². The first kappa shape index (κ1) is 20.9. The average molecular weight is 373 g/mol. The molecule has 27 heavy (non-hydrogen) atoms. The van der Waals surface area contributed by atoms with Crippen LogP contribution < -0.4 is 10.6 Å². The van der Waals surface area contributed by atoms with Crippen molar-refractivity contribution in [2.45, 2.75) is 71.0 Å². The summed E-state index contributed by atoms with van der Waals surface area (Å²) in [6.45, 7) is 5.76. The van der Waals surface area contributed by atoms with Gasteiger partial charge in [-0.05, 0) is 44.4 Å². The molecular formula is C21H31N3O3. The van der Waals surface area contributed by atoms with Crippen molar-refractivity contribution in [2.75, 3.05) is 7.05 Å². The lowest BCUT2D eigenvalue weighted by Crippen LogP contribution is -2.59. The van der Waals surface area contributed by atoms with Crippen molar-refractivity contribution in [2.24, 2.45) is 0 Å². The number of hydrogen-bond donors (Lipinski definition) is 2. The molecule has 2 rings (SSSR count). The Hall–Kier alpha value is -2.37. The number of nitrogens with one attached hydrogen (secondary N) is 2. The Morgan fingerprint density at radius 1 is 1.07 bits per heavy atom. The molecule has 3 amide bonds. The Balaban J connectivity index is 1.99. The van der Waals surface area contributed by atoms with E-state index >= 15 is 0 Å². The molecule has 0 saturated heterocycles. The molecule has 1 aliphatic rings. The molecule has 1 aromatic carbocycles. The number of carbonyl (C=O) groups excluding carboxylic acids is 3. The van der Waals surface area contributed by atoms with Gasteiger partial charge in [0, 0.05) is 32.1 Å². The van der Waals surface area contributed by atoms with E-state index in [-0.39, 0.29) is 23.8 Å². The fourth-order valence-electron chi connectivity index (χ4n) is 3.46. The number of benzene rings is 1. The summed E-state index contributed by atoms with van der Waals surface area (Å²) >= 11 is 0. The largest absolute Gasteiger partial charge is 0.350 e. The summed E-state index contributed by atoms with van der Waals surface area (Å²) in [4.78, 5) is 38.4. The summed E-state index contributed by atoms with van der Waals surface area (Å²) in [5, 5.41) is 5.83. The minimum absolute atomic E-state index is 0.0209. The summed E-state index contributed by atoms with van der Waals surface area (Å²) < 4.78 is 0. The van der Waals surface area contributed by atoms with Crippen LogP contribution in [-0.2, 0) is 16.1 Å². The van der Waals surface area contributed by atoms with Crippen molar-refractivity contribution < 1.29 is 14.4 Å². The number of rotatable bonds is 6. The summed E-state index contributed by atoms with van der Waals surface area (Å²) in [7, 11) is 1.78. The molecule has 1 saturated carbocycles. The summed E-state index contributed by atoms with van der Waals surface area (Å²) in [5.41, 5.74) is 0.754. The van der Waals surface area contributed by atoms with Crippen LogP contribution in [0.3, 0.4) is 0 Å². The molecule has 0 bridgehead atoms. The molecule has 6 nitrogen and oxygen atoms in total. The van der Waals surface area contributed by atoms with E-state index < -0.39 is 5.54 Å². The van der Waals surface area contributed by atoms with Crippen LogP contribution in [-0.4, -0.2) is 41.2 Å². The Morgan fingerprint density at radius 3 is 2.19 bits per heavy atom. The second kappa shape index (κ2) is 9.02. The Morgan fingerprint density at radius 2 is 1.67 bits per heavy atom. The van der Waals surface area contributed by atoms with Crippen molar-refractivity contribution >= 4 is 17.7 Å². The lowest BCUT2D eigenvalue weighted by atomic mass is 9.80. The molecule has 0 radical (unpaired) electrons. The number of hydrogen-bond acceptors (Lipinski definition) is 3. The highest BCUT2D eigenvalue weighted by Crippen LogP contribution is 2.28. The fourth-order valence-corrected chi connectivity index (χ4v) is 3.46. The highest BCUT2D eigenvalue weighted by Gasteiger charge is 2.39. The second-order valence-corrected chi connectivity index (χ2v) is 7.71. The maximum Gasteiger partial charge on any atom is 0.253 e. The quantitative estimate of drug-likeness (QED) is 0.805. The highest BCUT2D eigenvalue weighted by molar-refractivity contribution is 5.94. The molecular weight excluding hydrogens is 342 g/mol. The van der Waals surface area contributed by atoms with Crippen LogP contribution in [0.25, 0.3) is 0 Å². The zero-order valence-corrected chi connectivity index (χ0v) is 16.8. The first-order valence-corrected chi connectivity index (χ1v) is 9.68. The van der Waals surface area contributed by atoms with Crippen LogP contribution in [0.2, 0.25) is 0 Å². The van der Waals surface area contributed by atoms with Crippen molar-refractivity contribution in [1.29, 1.82) is 0 Å². The van der Waals surface area contributed by atoms with Crippen molar-refractivity contribution in [3.63, 3.8) is 0 Å². The van der Waals surface area contributed by atoms with Crippen molar-refractivity contribution in [3.8, 4) is 0 Å². The van der Waals surface area contributed by atoms with Gasteiger partial charge >= 0.3 is 0 Å². The van der Waals surface area contributed by atoms with Gasteiger partial charge in [-0.15, -0.1) is 0 Å². The lowest BCUT2D eigenvalue weighted by Gasteiger charge is -2.36. The zero-order valence-electron chi connectivity index (χ0n) is 16.8. The predicted octanol–water partition coefficient (Wildman–Crippen LogP) is 2.62. The molecule has 2 N–H and O–H groups in total. The average Bonchev–Trinajstić information content (AvgIpc) is 2.65. The minimum Gasteiger partial charge on any atom is -0.350 e. The SMILES string of the molecule is CC(=O)NC1(C(=O)NCc2ccc(C(=O)N(C)C(C)C)cc2)CCCCC1. The van der Waals surface area contributed by atoms with Crippen LogP contribution >= 0.6 is 0 Å². The van der Waals surface area contributed by atoms with Gasteiger partial charge in [-0.1, -0.05) is 31.4 Å². The van der Waals surface area contributed by atoms with Gasteiger partial charge < -0.3 is 15.5 Å². The van der Waals surface area contributed by atoms with Gasteiger partial charge in [0.05, 0.1) is 0 Å². The van der Waals surface area contributed by atoms with E-state index in [1.807, 2.05) is 26.0 Å². The van der Waals surface area contributed by atoms with E-state index in [0.717, 1.165) is 24.8 Å². The third kappa shape index (κ3) is 5.31. The van der Waals surface area contributed by atoms with Gasteiger partial charge in [0.1, 0.15) is 5.54 Å². The van der Waals surface area contributed by atoms with Crippen molar-refractivity contribution in [1.82, 2.24) is 15.5 Å². The van der Waals surface area contributed by atoms with E-state index in [2.05, 4.69) is 10.6 Å². The third-order valence-electron chi connectivity index (χ3n) is 5.31. The summed E-state index contributed by atoms with van der Waals surface area (Å²) in [5.74, 6) is -0.325. The number of amides is 3. The van der Waals surface area contributed by atoms with Gasteiger partial charge in [0.25, 0.3) is 5.91 Å². The molecule has 0 unspecified atom stereocenters.